The largest absolute Gasteiger partial charge is 0.409 e. The lowest BCUT2D eigenvalue weighted by molar-refractivity contribution is -0.405. The molecule has 122 valence electrons. The molecule has 0 saturated heterocycles. The number of alkyl halides is 13. The predicted molar refractivity (Wildman–Crippen MR) is 56.4 cm³/mol. The standard InChI is InChI=1S/C6HCl5F8O/c7-5(8,9)6(10,11)20-4(18,19)1(2(12,13)14)3(15,16)17/h1H. The molecule has 0 spiro atoms. The van der Waals surface area contributed by atoms with Gasteiger partial charge in [-0.3, -0.25) is 4.74 Å². The molecule has 0 fully saturated rings. The topological polar surface area (TPSA) is 9.23 Å². The highest BCUT2D eigenvalue weighted by Crippen LogP contribution is 2.54. The van der Waals surface area contributed by atoms with Crippen LogP contribution in [0.3, 0.4) is 0 Å². The van der Waals surface area contributed by atoms with Crippen LogP contribution < -0.4 is 0 Å². The van der Waals surface area contributed by atoms with Crippen molar-refractivity contribution in [1.82, 2.24) is 0 Å². The van der Waals surface area contributed by atoms with Gasteiger partial charge in [-0.05, 0) is 0 Å². The molecular weight excluding hydrogens is 417 g/mol. The van der Waals surface area contributed by atoms with Crippen LogP contribution in [0.25, 0.3) is 0 Å². The van der Waals surface area contributed by atoms with Crippen LogP contribution in [0.2, 0.25) is 0 Å². The Balaban J connectivity index is 5.60. The first-order valence-electron chi connectivity index (χ1n) is 3.98. The Hall–Kier alpha value is 0.850. The fraction of sp³-hybridized carbons (Fsp3) is 1.00. The first-order chi connectivity index (χ1) is 8.32. The van der Waals surface area contributed by atoms with Gasteiger partial charge in [-0.15, -0.1) is 0 Å². The van der Waals surface area contributed by atoms with Crippen molar-refractivity contribution in [2.45, 2.75) is 26.8 Å². The van der Waals surface area contributed by atoms with E-state index in [2.05, 4.69) is 4.74 Å². The zero-order chi connectivity index (χ0) is 16.8. The predicted octanol–water partition coefficient (Wildman–Crippen LogP) is 5.84. The Labute approximate surface area is 131 Å². The Morgan fingerprint density at radius 2 is 0.950 bits per heavy atom. The van der Waals surface area contributed by atoms with Gasteiger partial charge in [0.05, 0.1) is 0 Å². The Bertz CT molecular complexity index is 331. The molecule has 14 heteroatoms. The van der Waals surface area contributed by atoms with Crippen LogP contribution in [0, 0.1) is 5.92 Å². The third kappa shape index (κ3) is 5.24. The molecule has 20 heavy (non-hydrogen) atoms. The normalized spacial score (nSPS) is 15.9. The summed E-state index contributed by atoms with van der Waals surface area (Å²) >= 11 is 24.5. The molecule has 1 nitrogen and oxygen atoms in total. The summed E-state index contributed by atoms with van der Waals surface area (Å²) in [4.78, 5) is 0. The van der Waals surface area contributed by atoms with Gasteiger partial charge in [0.25, 0.3) is 4.52 Å². The van der Waals surface area contributed by atoms with Crippen molar-refractivity contribution in [3.8, 4) is 0 Å². The van der Waals surface area contributed by atoms with E-state index in [1.54, 1.807) is 0 Å². The molecule has 0 N–H and O–H groups in total. The van der Waals surface area contributed by atoms with E-state index in [1.165, 1.54) is 0 Å². The highest BCUT2D eigenvalue weighted by atomic mass is 35.6. The van der Waals surface area contributed by atoms with Gasteiger partial charge in [0, 0.05) is 0 Å². The molecule has 0 aromatic carbocycles. The molecule has 0 radical (unpaired) electrons. The smallest absolute Gasteiger partial charge is 0.278 e. The molecule has 0 heterocycles. The number of hydrogen-bond acceptors (Lipinski definition) is 1. The van der Waals surface area contributed by atoms with Gasteiger partial charge in [-0.25, -0.2) is 0 Å². The van der Waals surface area contributed by atoms with Crippen molar-refractivity contribution in [3.05, 3.63) is 0 Å². The van der Waals surface area contributed by atoms with E-state index < -0.39 is 32.7 Å². The summed E-state index contributed by atoms with van der Waals surface area (Å²) in [5.74, 6) is -5.22. The van der Waals surface area contributed by atoms with Crippen molar-refractivity contribution < 1.29 is 39.9 Å². The molecule has 0 aliphatic heterocycles. The van der Waals surface area contributed by atoms with Gasteiger partial charge < -0.3 is 0 Å². The summed E-state index contributed by atoms with van der Waals surface area (Å²) in [6.07, 6.45) is -18.8. The highest BCUT2D eigenvalue weighted by Gasteiger charge is 2.72. The summed E-state index contributed by atoms with van der Waals surface area (Å²) in [5, 5.41) is 0. The lowest BCUT2D eigenvalue weighted by Gasteiger charge is -2.35. The van der Waals surface area contributed by atoms with Crippen LogP contribution in [-0.2, 0) is 4.74 Å². The first-order valence-corrected chi connectivity index (χ1v) is 5.87. The van der Waals surface area contributed by atoms with Crippen molar-refractivity contribution >= 4 is 58.0 Å². The van der Waals surface area contributed by atoms with E-state index in [-0.39, 0.29) is 0 Å². The lowest BCUT2D eigenvalue weighted by atomic mass is 10.1. The molecule has 0 aromatic rings. The summed E-state index contributed by atoms with van der Waals surface area (Å²) in [5.41, 5.74) is 0. The van der Waals surface area contributed by atoms with Gasteiger partial charge in [0.15, 0.2) is 0 Å². The van der Waals surface area contributed by atoms with Gasteiger partial charge in [-0.1, -0.05) is 58.0 Å². The SMILES string of the molecule is FC(F)(F)C(C(F)(F)F)C(F)(F)OC(Cl)(Cl)C(Cl)(Cl)Cl. The quantitative estimate of drug-likeness (QED) is 0.414. The van der Waals surface area contributed by atoms with Crippen molar-refractivity contribution in [3.63, 3.8) is 0 Å². The molecule has 0 aliphatic carbocycles. The van der Waals surface area contributed by atoms with Gasteiger partial charge >= 0.3 is 18.5 Å². The van der Waals surface area contributed by atoms with E-state index in [1.807, 2.05) is 0 Å². The zero-order valence-electron chi connectivity index (χ0n) is 8.40. The molecule has 0 atom stereocenters. The molecule has 0 unspecified atom stereocenters. The maximum absolute atomic E-state index is 13.1. The average Bonchev–Trinajstić information content (AvgIpc) is 1.88. The van der Waals surface area contributed by atoms with Crippen molar-refractivity contribution in [2.24, 2.45) is 5.92 Å². The zero-order valence-corrected chi connectivity index (χ0v) is 12.2. The van der Waals surface area contributed by atoms with Gasteiger partial charge in [-0.2, -0.15) is 35.1 Å². The summed E-state index contributed by atoms with van der Waals surface area (Å²) in [7, 11) is 0. The number of hydrogen-bond donors (Lipinski definition) is 0. The van der Waals surface area contributed by atoms with E-state index in [4.69, 9.17) is 58.0 Å². The maximum Gasteiger partial charge on any atom is 0.409 e. The van der Waals surface area contributed by atoms with Crippen LogP contribution in [0.15, 0.2) is 0 Å². The van der Waals surface area contributed by atoms with Crippen molar-refractivity contribution in [1.29, 1.82) is 0 Å². The number of halogens is 13. The van der Waals surface area contributed by atoms with Crippen LogP contribution >= 0.6 is 58.0 Å². The summed E-state index contributed by atoms with van der Waals surface area (Å²) in [6, 6.07) is 0. The molecule has 0 rings (SSSR count). The van der Waals surface area contributed by atoms with Crippen LogP contribution in [0.1, 0.15) is 0 Å². The lowest BCUT2D eigenvalue weighted by Crippen LogP contribution is -2.54. The van der Waals surface area contributed by atoms with Crippen LogP contribution in [-0.4, -0.2) is 26.8 Å². The molecule has 0 saturated carbocycles. The van der Waals surface area contributed by atoms with E-state index in [0.717, 1.165) is 0 Å². The fourth-order valence-electron chi connectivity index (χ4n) is 0.854. The number of ether oxygens (including phenoxy) is 1. The third-order valence-electron chi connectivity index (χ3n) is 1.58. The summed E-state index contributed by atoms with van der Waals surface area (Å²) in [6.45, 7) is 0. The Morgan fingerprint density at radius 1 is 0.650 bits per heavy atom. The van der Waals surface area contributed by atoms with E-state index >= 15 is 0 Å². The average molecular weight is 418 g/mol. The second-order valence-electron chi connectivity index (χ2n) is 3.19. The molecule has 0 amide bonds. The first kappa shape index (κ1) is 20.9. The Morgan fingerprint density at radius 3 is 1.15 bits per heavy atom. The van der Waals surface area contributed by atoms with E-state index in [0.29, 0.717) is 0 Å². The van der Waals surface area contributed by atoms with Gasteiger partial charge in [0.1, 0.15) is 0 Å². The third-order valence-corrected chi connectivity index (χ3v) is 3.69. The molecule has 0 aliphatic rings. The molecule has 0 bridgehead atoms. The maximum atomic E-state index is 13.1. The highest BCUT2D eigenvalue weighted by molar-refractivity contribution is 6.75. The van der Waals surface area contributed by atoms with Crippen LogP contribution in [0.5, 0.6) is 0 Å². The van der Waals surface area contributed by atoms with E-state index in [9.17, 15) is 35.1 Å². The fourth-order valence-corrected chi connectivity index (χ4v) is 1.18. The number of rotatable bonds is 3. The molecule has 0 aromatic heterocycles. The second kappa shape index (κ2) is 5.81. The minimum absolute atomic E-state index is 3.07. The second-order valence-corrected chi connectivity index (χ2v) is 6.73. The van der Waals surface area contributed by atoms with Gasteiger partial charge in [0.2, 0.25) is 9.71 Å². The Kier molecular flexibility index (Phi) is 6.05. The molecular formula is C6HCl5F8O. The minimum atomic E-state index is -6.42. The van der Waals surface area contributed by atoms with Crippen molar-refractivity contribution in [2.75, 3.05) is 0 Å². The monoisotopic (exact) mass is 416 g/mol. The summed E-state index contributed by atoms with van der Waals surface area (Å²) < 4.78 is 95.2. The van der Waals surface area contributed by atoms with Crippen LogP contribution in [0.4, 0.5) is 35.1 Å². The minimum Gasteiger partial charge on any atom is -0.278 e.